The summed E-state index contributed by atoms with van der Waals surface area (Å²) in [4.78, 5) is 12.6. The largest absolute Gasteiger partial charge is 0.492 e. The molecule has 0 unspecified atom stereocenters. The summed E-state index contributed by atoms with van der Waals surface area (Å²) in [6.07, 6.45) is 1.64. The van der Waals surface area contributed by atoms with Crippen LogP contribution in [0, 0.1) is 0 Å². The standard InChI is InChI=1S/C20H23ClN2O5S/c1-2-27-19-10-9-17(29(25,26)22-13-16-4-3-11-28-16)12-18(19)23-20(24)14-5-7-15(21)8-6-14/h5-10,12,16,22H,2-4,11,13H2,1H3,(H,23,24)/t16-/m0/s1. The monoisotopic (exact) mass is 438 g/mol. The molecule has 0 aromatic heterocycles. The Kier molecular flexibility index (Phi) is 7.13. The van der Waals surface area contributed by atoms with Gasteiger partial charge < -0.3 is 14.8 Å². The van der Waals surface area contributed by atoms with Gasteiger partial charge >= 0.3 is 0 Å². The number of halogens is 1. The van der Waals surface area contributed by atoms with E-state index in [2.05, 4.69) is 10.0 Å². The van der Waals surface area contributed by atoms with Gasteiger partial charge in [0.05, 0.1) is 23.3 Å². The van der Waals surface area contributed by atoms with E-state index in [0.29, 0.717) is 29.5 Å². The van der Waals surface area contributed by atoms with Crippen LogP contribution < -0.4 is 14.8 Å². The summed E-state index contributed by atoms with van der Waals surface area (Å²) in [5, 5.41) is 3.23. The summed E-state index contributed by atoms with van der Waals surface area (Å²) in [6, 6.07) is 10.7. The number of hydrogen-bond donors (Lipinski definition) is 2. The van der Waals surface area contributed by atoms with Gasteiger partial charge in [-0.1, -0.05) is 11.6 Å². The van der Waals surface area contributed by atoms with Crippen molar-refractivity contribution in [2.45, 2.75) is 30.8 Å². The van der Waals surface area contributed by atoms with Crippen LogP contribution in [-0.2, 0) is 14.8 Å². The second-order valence-corrected chi connectivity index (χ2v) is 8.74. The van der Waals surface area contributed by atoms with Gasteiger partial charge in [-0.25, -0.2) is 13.1 Å². The van der Waals surface area contributed by atoms with Crippen LogP contribution in [0.1, 0.15) is 30.1 Å². The molecule has 0 radical (unpaired) electrons. The summed E-state index contributed by atoms with van der Waals surface area (Å²) in [6.45, 7) is 3.03. The van der Waals surface area contributed by atoms with Crippen molar-refractivity contribution < 1.29 is 22.7 Å². The molecule has 0 bridgehead atoms. The number of rotatable bonds is 8. The fourth-order valence-electron chi connectivity index (χ4n) is 2.94. The average molecular weight is 439 g/mol. The number of carbonyl (C=O) groups is 1. The minimum absolute atomic E-state index is 0.0327. The van der Waals surface area contributed by atoms with Gasteiger partial charge in [0.25, 0.3) is 5.91 Å². The quantitative estimate of drug-likeness (QED) is 0.658. The molecule has 3 rings (SSSR count). The maximum atomic E-state index is 12.7. The maximum absolute atomic E-state index is 12.7. The summed E-state index contributed by atoms with van der Waals surface area (Å²) < 4.78 is 38.9. The van der Waals surface area contributed by atoms with Crippen LogP contribution in [0.2, 0.25) is 5.02 Å². The van der Waals surface area contributed by atoms with Crippen LogP contribution >= 0.6 is 11.6 Å². The number of ether oxygens (including phenoxy) is 2. The van der Waals surface area contributed by atoms with Crippen molar-refractivity contribution in [2.24, 2.45) is 0 Å². The van der Waals surface area contributed by atoms with Crippen LogP contribution in [0.3, 0.4) is 0 Å². The fraction of sp³-hybridized carbons (Fsp3) is 0.350. The van der Waals surface area contributed by atoms with Gasteiger partial charge in [0, 0.05) is 23.7 Å². The van der Waals surface area contributed by atoms with Crippen LogP contribution in [0.4, 0.5) is 5.69 Å². The van der Waals surface area contributed by atoms with Crippen LogP contribution in [0.15, 0.2) is 47.4 Å². The van der Waals surface area contributed by atoms with E-state index in [0.717, 1.165) is 12.8 Å². The molecular weight excluding hydrogens is 416 g/mol. The Balaban J connectivity index is 1.80. The predicted octanol–water partition coefficient (Wildman–Crippen LogP) is 3.45. The number of carbonyl (C=O) groups excluding carboxylic acids is 1. The Morgan fingerprint density at radius 1 is 1.24 bits per heavy atom. The highest BCUT2D eigenvalue weighted by atomic mass is 35.5. The number of benzene rings is 2. The highest BCUT2D eigenvalue weighted by Crippen LogP contribution is 2.28. The molecule has 7 nitrogen and oxygen atoms in total. The maximum Gasteiger partial charge on any atom is 0.255 e. The molecule has 2 aromatic rings. The van der Waals surface area contributed by atoms with E-state index >= 15 is 0 Å². The third kappa shape index (κ3) is 5.70. The first-order chi connectivity index (χ1) is 13.9. The Hall–Kier alpha value is -2.13. The molecule has 1 atom stereocenters. The van der Waals surface area contributed by atoms with Crippen molar-refractivity contribution >= 4 is 33.2 Å². The van der Waals surface area contributed by atoms with Gasteiger partial charge in [0.15, 0.2) is 0 Å². The molecule has 29 heavy (non-hydrogen) atoms. The Morgan fingerprint density at radius 3 is 2.66 bits per heavy atom. The minimum Gasteiger partial charge on any atom is -0.492 e. The lowest BCUT2D eigenvalue weighted by molar-refractivity contribution is 0.102. The first kappa shape index (κ1) is 21.6. The second kappa shape index (κ2) is 9.58. The number of anilines is 1. The topological polar surface area (TPSA) is 93.7 Å². The van der Waals surface area contributed by atoms with E-state index in [-0.39, 0.29) is 23.2 Å². The Labute approximate surface area is 175 Å². The van der Waals surface area contributed by atoms with E-state index in [1.807, 2.05) is 0 Å². The molecule has 9 heteroatoms. The molecule has 0 saturated carbocycles. The zero-order chi connectivity index (χ0) is 20.9. The van der Waals surface area contributed by atoms with Gasteiger partial charge in [-0.05, 0) is 62.2 Å². The lowest BCUT2D eigenvalue weighted by Gasteiger charge is -2.15. The molecule has 1 saturated heterocycles. The first-order valence-corrected chi connectivity index (χ1v) is 11.2. The lowest BCUT2D eigenvalue weighted by Crippen LogP contribution is -2.31. The summed E-state index contributed by atoms with van der Waals surface area (Å²) >= 11 is 5.86. The summed E-state index contributed by atoms with van der Waals surface area (Å²) in [7, 11) is -3.76. The predicted molar refractivity (Wildman–Crippen MR) is 111 cm³/mol. The number of amides is 1. The minimum atomic E-state index is -3.76. The van der Waals surface area contributed by atoms with Gasteiger partial charge in [-0.2, -0.15) is 0 Å². The van der Waals surface area contributed by atoms with Crippen molar-refractivity contribution in [2.75, 3.05) is 25.1 Å². The number of sulfonamides is 1. The van der Waals surface area contributed by atoms with E-state index in [1.54, 1.807) is 31.2 Å². The highest BCUT2D eigenvalue weighted by molar-refractivity contribution is 7.89. The van der Waals surface area contributed by atoms with E-state index in [4.69, 9.17) is 21.1 Å². The van der Waals surface area contributed by atoms with Crippen LogP contribution in [0.25, 0.3) is 0 Å². The highest BCUT2D eigenvalue weighted by Gasteiger charge is 2.22. The van der Waals surface area contributed by atoms with Crippen molar-refractivity contribution in [1.29, 1.82) is 0 Å². The number of hydrogen-bond acceptors (Lipinski definition) is 5. The lowest BCUT2D eigenvalue weighted by atomic mass is 10.2. The van der Waals surface area contributed by atoms with E-state index in [9.17, 15) is 13.2 Å². The van der Waals surface area contributed by atoms with Crippen LogP contribution in [0.5, 0.6) is 5.75 Å². The fourth-order valence-corrected chi connectivity index (χ4v) is 4.16. The molecule has 1 heterocycles. The number of nitrogens with one attached hydrogen (secondary N) is 2. The molecular formula is C20H23ClN2O5S. The van der Waals surface area contributed by atoms with Crippen molar-refractivity contribution in [3.63, 3.8) is 0 Å². The molecule has 2 N–H and O–H groups in total. The average Bonchev–Trinajstić information content (AvgIpc) is 3.22. The van der Waals surface area contributed by atoms with Gasteiger partial charge in [0.2, 0.25) is 10.0 Å². The third-order valence-corrected chi connectivity index (χ3v) is 6.11. The molecule has 1 fully saturated rings. The molecule has 2 aromatic carbocycles. The van der Waals surface area contributed by atoms with E-state index in [1.165, 1.54) is 18.2 Å². The molecule has 1 amide bonds. The molecule has 156 valence electrons. The normalized spacial score (nSPS) is 16.6. The van der Waals surface area contributed by atoms with E-state index < -0.39 is 15.9 Å². The Morgan fingerprint density at radius 2 is 2.00 bits per heavy atom. The first-order valence-electron chi connectivity index (χ1n) is 9.34. The summed E-state index contributed by atoms with van der Waals surface area (Å²) in [5.74, 6) is -0.0163. The van der Waals surface area contributed by atoms with Gasteiger partial charge in [-0.15, -0.1) is 0 Å². The van der Waals surface area contributed by atoms with Gasteiger partial charge in [0.1, 0.15) is 5.75 Å². The van der Waals surface area contributed by atoms with Crippen molar-refractivity contribution in [3.05, 3.63) is 53.1 Å². The molecule has 0 aliphatic carbocycles. The smallest absolute Gasteiger partial charge is 0.255 e. The van der Waals surface area contributed by atoms with Crippen LogP contribution in [-0.4, -0.2) is 40.2 Å². The van der Waals surface area contributed by atoms with Crippen molar-refractivity contribution in [1.82, 2.24) is 4.72 Å². The SMILES string of the molecule is CCOc1ccc(S(=O)(=O)NC[C@@H]2CCCO2)cc1NC(=O)c1ccc(Cl)cc1. The zero-order valence-corrected chi connectivity index (χ0v) is 17.6. The molecule has 0 spiro atoms. The second-order valence-electron chi connectivity index (χ2n) is 6.54. The van der Waals surface area contributed by atoms with Gasteiger partial charge in [-0.3, -0.25) is 4.79 Å². The Bertz CT molecular complexity index is 957. The summed E-state index contributed by atoms with van der Waals surface area (Å²) in [5.41, 5.74) is 0.661. The molecule has 1 aliphatic rings. The van der Waals surface area contributed by atoms with Crippen molar-refractivity contribution in [3.8, 4) is 5.75 Å². The zero-order valence-electron chi connectivity index (χ0n) is 16.0. The third-order valence-electron chi connectivity index (χ3n) is 4.44. The molecule has 1 aliphatic heterocycles.